The molecule has 4 N–H and O–H groups in total. The molecule has 0 saturated heterocycles. The van der Waals surface area contributed by atoms with E-state index in [0.717, 1.165) is 16.7 Å². The molecule has 0 saturated carbocycles. The van der Waals surface area contributed by atoms with Crippen LogP contribution in [-0.2, 0) is 16.0 Å². The van der Waals surface area contributed by atoms with E-state index in [9.17, 15) is 19.5 Å². The van der Waals surface area contributed by atoms with Gasteiger partial charge in [0, 0.05) is 12.5 Å². The van der Waals surface area contributed by atoms with Gasteiger partial charge in [-0.15, -0.1) is 0 Å². The van der Waals surface area contributed by atoms with Gasteiger partial charge in [0.25, 0.3) is 5.91 Å². The fraction of sp³-hybridized carbons (Fsp3) is 0.261. The predicted octanol–water partition coefficient (Wildman–Crippen LogP) is 2.18. The molecule has 166 valence electrons. The lowest BCUT2D eigenvalue weighted by Crippen LogP contribution is -2.47. The Kier molecular flexibility index (Phi) is 7.69. The van der Waals surface area contributed by atoms with Gasteiger partial charge in [0.2, 0.25) is 5.91 Å². The molecule has 0 radical (unpaired) electrons. The molecule has 0 bridgehead atoms. The summed E-state index contributed by atoms with van der Waals surface area (Å²) >= 11 is 0. The first-order chi connectivity index (χ1) is 15.5. The Morgan fingerprint density at radius 1 is 1.00 bits per heavy atom. The summed E-state index contributed by atoms with van der Waals surface area (Å²) in [4.78, 5) is 36.0. The van der Waals surface area contributed by atoms with Gasteiger partial charge < -0.3 is 15.7 Å². The van der Waals surface area contributed by atoms with Crippen molar-refractivity contribution in [2.24, 2.45) is 0 Å². The third-order valence-electron chi connectivity index (χ3n) is 5.00. The summed E-state index contributed by atoms with van der Waals surface area (Å²) in [7, 11) is 0. The lowest BCUT2D eigenvalue weighted by molar-refractivity contribution is -0.142. The second-order valence-electron chi connectivity index (χ2n) is 7.34. The van der Waals surface area contributed by atoms with Crippen molar-refractivity contribution in [3.63, 3.8) is 0 Å². The van der Waals surface area contributed by atoms with E-state index in [4.69, 9.17) is 0 Å². The number of aliphatic carboxylic acids is 1. The van der Waals surface area contributed by atoms with Crippen LogP contribution < -0.4 is 10.6 Å². The van der Waals surface area contributed by atoms with Crippen LogP contribution in [-0.4, -0.2) is 50.4 Å². The Hall–Kier alpha value is -4.01. The molecular formula is C23H25N5O4. The molecule has 2 unspecified atom stereocenters. The van der Waals surface area contributed by atoms with E-state index in [0.29, 0.717) is 6.42 Å². The average molecular weight is 435 g/mol. The van der Waals surface area contributed by atoms with Crippen LogP contribution in [0.4, 0.5) is 0 Å². The molecule has 0 aliphatic rings. The number of nitrogens with one attached hydrogen (secondary N) is 3. The first-order valence-corrected chi connectivity index (χ1v) is 10.3. The summed E-state index contributed by atoms with van der Waals surface area (Å²) in [6, 6.07) is 16.1. The van der Waals surface area contributed by atoms with Crippen molar-refractivity contribution in [2.75, 3.05) is 0 Å². The Balaban J connectivity index is 1.77. The molecule has 3 aromatic rings. The molecule has 32 heavy (non-hydrogen) atoms. The lowest BCUT2D eigenvalue weighted by atomic mass is 9.97. The first-order valence-electron chi connectivity index (χ1n) is 10.3. The number of amides is 2. The molecule has 0 fully saturated rings. The molecular weight excluding hydrogens is 410 g/mol. The molecule has 2 aromatic carbocycles. The monoisotopic (exact) mass is 435 g/mol. The number of hydrogen-bond donors (Lipinski definition) is 4. The summed E-state index contributed by atoms with van der Waals surface area (Å²) in [6.45, 7) is 1.65. The van der Waals surface area contributed by atoms with Gasteiger partial charge in [-0.3, -0.25) is 9.59 Å². The molecule has 2 atom stereocenters. The molecule has 3 rings (SSSR count). The summed E-state index contributed by atoms with van der Waals surface area (Å²) in [5, 5.41) is 24.6. The smallest absolute Gasteiger partial charge is 0.326 e. The Bertz CT molecular complexity index is 1040. The van der Waals surface area contributed by atoms with Crippen LogP contribution in [0, 0.1) is 0 Å². The number of carbonyl (C=O) groups excluding carboxylic acids is 2. The van der Waals surface area contributed by atoms with Crippen molar-refractivity contribution in [1.82, 2.24) is 26.0 Å². The Morgan fingerprint density at radius 2 is 1.69 bits per heavy atom. The highest BCUT2D eigenvalue weighted by molar-refractivity contribution is 5.92. The number of carboxylic acid groups (broad SMARTS) is 1. The van der Waals surface area contributed by atoms with Gasteiger partial charge in [-0.05, 0) is 29.5 Å². The van der Waals surface area contributed by atoms with Crippen LogP contribution in [0.25, 0.3) is 11.1 Å². The summed E-state index contributed by atoms with van der Waals surface area (Å²) in [6.07, 6.45) is 1.85. The maximum atomic E-state index is 12.5. The average Bonchev–Trinajstić information content (AvgIpc) is 3.34. The van der Waals surface area contributed by atoms with E-state index in [1.54, 1.807) is 6.92 Å². The van der Waals surface area contributed by atoms with Crippen molar-refractivity contribution in [2.45, 2.75) is 38.3 Å². The van der Waals surface area contributed by atoms with Crippen molar-refractivity contribution >= 4 is 17.8 Å². The van der Waals surface area contributed by atoms with E-state index in [-0.39, 0.29) is 24.4 Å². The molecule has 1 aromatic heterocycles. The van der Waals surface area contributed by atoms with Crippen LogP contribution in [0.3, 0.4) is 0 Å². The van der Waals surface area contributed by atoms with Crippen molar-refractivity contribution in [1.29, 1.82) is 0 Å². The van der Waals surface area contributed by atoms with Crippen LogP contribution in [0.15, 0.2) is 60.8 Å². The number of rotatable bonds is 10. The fourth-order valence-electron chi connectivity index (χ4n) is 3.31. The Morgan fingerprint density at radius 3 is 2.28 bits per heavy atom. The van der Waals surface area contributed by atoms with Crippen molar-refractivity contribution in [3.05, 3.63) is 72.1 Å². The molecule has 0 spiro atoms. The van der Waals surface area contributed by atoms with E-state index < -0.39 is 24.0 Å². The second-order valence-corrected chi connectivity index (χ2v) is 7.34. The maximum absolute atomic E-state index is 12.5. The minimum absolute atomic E-state index is 0.0189. The van der Waals surface area contributed by atoms with Gasteiger partial charge in [0.1, 0.15) is 6.04 Å². The molecule has 1 heterocycles. The van der Waals surface area contributed by atoms with E-state index in [1.807, 2.05) is 54.6 Å². The van der Waals surface area contributed by atoms with Crippen molar-refractivity contribution in [3.8, 4) is 11.1 Å². The zero-order chi connectivity index (χ0) is 22.9. The maximum Gasteiger partial charge on any atom is 0.326 e. The lowest BCUT2D eigenvalue weighted by Gasteiger charge is -2.23. The Labute approximate surface area is 185 Å². The molecule has 2 amide bonds. The molecule has 9 nitrogen and oxygen atoms in total. The number of H-pyrrole nitrogens is 1. The highest BCUT2D eigenvalue weighted by Gasteiger charge is 2.26. The minimum atomic E-state index is -1.16. The summed E-state index contributed by atoms with van der Waals surface area (Å²) in [5.74, 6) is -2.01. The van der Waals surface area contributed by atoms with Gasteiger partial charge in [-0.2, -0.15) is 15.4 Å². The molecule has 9 heteroatoms. The molecule has 0 aliphatic carbocycles. The number of hydrogen-bond acceptors (Lipinski definition) is 5. The van der Waals surface area contributed by atoms with Gasteiger partial charge in [-0.25, -0.2) is 4.79 Å². The van der Waals surface area contributed by atoms with Crippen LogP contribution in [0.1, 0.15) is 35.8 Å². The van der Waals surface area contributed by atoms with Crippen LogP contribution >= 0.6 is 0 Å². The topological polar surface area (TPSA) is 137 Å². The van der Waals surface area contributed by atoms with E-state index >= 15 is 0 Å². The predicted molar refractivity (Wildman–Crippen MR) is 118 cm³/mol. The number of carbonyl (C=O) groups is 3. The zero-order valence-electron chi connectivity index (χ0n) is 17.6. The van der Waals surface area contributed by atoms with Gasteiger partial charge in [-0.1, -0.05) is 61.5 Å². The minimum Gasteiger partial charge on any atom is -0.480 e. The van der Waals surface area contributed by atoms with E-state index in [1.165, 1.54) is 6.20 Å². The van der Waals surface area contributed by atoms with E-state index in [2.05, 4.69) is 26.0 Å². The van der Waals surface area contributed by atoms with Crippen LogP contribution in [0.5, 0.6) is 0 Å². The first kappa shape index (κ1) is 22.7. The largest absolute Gasteiger partial charge is 0.480 e. The SMILES string of the molecule is CCC(=O)NC(CC(Cc1ccc(-c2ccccc2)cc1)NC(=O)c1cn[nH]n1)C(=O)O. The number of benzene rings is 2. The van der Waals surface area contributed by atoms with Crippen LogP contribution in [0.2, 0.25) is 0 Å². The number of aromatic amines is 1. The quantitative estimate of drug-likeness (QED) is 0.385. The number of aromatic nitrogens is 3. The normalized spacial score (nSPS) is 12.5. The highest BCUT2D eigenvalue weighted by Crippen LogP contribution is 2.20. The summed E-state index contributed by atoms with van der Waals surface area (Å²) in [5.41, 5.74) is 3.15. The fourth-order valence-corrected chi connectivity index (χ4v) is 3.31. The number of carboxylic acids is 1. The highest BCUT2D eigenvalue weighted by atomic mass is 16.4. The third-order valence-corrected chi connectivity index (χ3v) is 5.00. The second kappa shape index (κ2) is 10.9. The van der Waals surface area contributed by atoms with Gasteiger partial charge in [0.15, 0.2) is 5.69 Å². The van der Waals surface area contributed by atoms with Crippen molar-refractivity contribution < 1.29 is 19.5 Å². The third kappa shape index (κ3) is 6.24. The zero-order valence-corrected chi connectivity index (χ0v) is 17.6. The standard InChI is InChI=1S/C23H25N5O4/c1-2-21(29)26-19(23(31)32)13-18(25-22(30)20-14-24-28-27-20)12-15-8-10-17(11-9-15)16-6-4-3-5-7-16/h3-11,14,18-19H,2,12-13H2,1H3,(H,25,30)(H,26,29)(H,31,32)(H,24,27,28). The number of nitrogens with zero attached hydrogens (tertiary/aromatic N) is 2. The molecule has 0 aliphatic heterocycles. The summed E-state index contributed by atoms with van der Waals surface area (Å²) < 4.78 is 0. The van der Waals surface area contributed by atoms with Gasteiger partial charge >= 0.3 is 5.97 Å². The van der Waals surface area contributed by atoms with Gasteiger partial charge in [0.05, 0.1) is 6.20 Å².